The van der Waals surface area contributed by atoms with Crippen molar-refractivity contribution >= 4 is 17.8 Å². The number of rotatable bonds is 10. The highest BCUT2D eigenvalue weighted by Crippen LogP contribution is 2.54. The minimum atomic E-state index is -5.08. The van der Waals surface area contributed by atoms with Gasteiger partial charge in [-0.05, 0) is 143 Å². The third-order valence-corrected chi connectivity index (χ3v) is 14.0. The second-order valence-corrected chi connectivity index (χ2v) is 17.1. The van der Waals surface area contributed by atoms with Gasteiger partial charge in [0, 0.05) is 48.6 Å². The number of carboxylic acid groups (broad SMARTS) is 1. The number of aliphatic carboxylic acids is 1. The van der Waals surface area contributed by atoms with Crippen LogP contribution in [0.4, 0.5) is 13.2 Å². The minimum absolute atomic E-state index is 0.144. The zero-order valence-electron chi connectivity index (χ0n) is 32.4. The molecule has 2 saturated carbocycles. The summed E-state index contributed by atoms with van der Waals surface area (Å²) in [6.45, 7) is 2.35. The van der Waals surface area contributed by atoms with Gasteiger partial charge in [0.15, 0.2) is 0 Å². The molecule has 12 heteroatoms. The second-order valence-electron chi connectivity index (χ2n) is 17.1. The maximum atomic E-state index is 13.5. The number of pyridine rings is 1. The number of alkyl halides is 3. The number of hydrogen-bond acceptors (Lipinski definition) is 6. The molecule has 3 N–H and O–H groups in total. The molecule has 9 rings (SSSR count). The molecule has 3 aromatic rings. The lowest BCUT2D eigenvalue weighted by molar-refractivity contribution is -0.192. The number of nitrogens with one attached hydrogen (secondary N) is 2. The normalized spacial score (nSPS) is 28.9. The Kier molecular flexibility index (Phi) is 11.7. The summed E-state index contributed by atoms with van der Waals surface area (Å²) in [7, 11) is 0. The topological polar surface area (TPSA) is 115 Å². The lowest BCUT2D eigenvalue weighted by Gasteiger charge is -2.32. The largest absolute Gasteiger partial charge is 0.490 e. The summed E-state index contributed by atoms with van der Waals surface area (Å²) in [6.07, 6.45) is 14.4. The van der Waals surface area contributed by atoms with E-state index in [0.29, 0.717) is 41.2 Å². The quantitative estimate of drug-likeness (QED) is 0.188. The molecule has 4 aliphatic heterocycles. The van der Waals surface area contributed by atoms with Gasteiger partial charge in [-0.2, -0.15) is 13.2 Å². The number of nitrogens with zero attached hydrogens (tertiary/aromatic N) is 3. The summed E-state index contributed by atoms with van der Waals surface area (Å²) in [5.41, 5.74) is 7.09. The maximum absolute atomic E-state index is 13.5. The summed E-state index contributed by atoms with van der Waals surface area (Å²) in [5, 5.41) is 13.7. The molecular weight excluding hydrogens is 732 g/mol. The van der Waals surface area contributed by atoms with E-state index in [0.717, 1.165) is 57.3 Å². The van der Waals surface area contributed by atoms with Gasteiger partial charge in [-0.15, -0.1) is 0 Å². The molecule has 9 nitrogen and oxygen atoms in total. The van der Waals surface area contributed by atoms with E-state index in [-0.39, 0.29) is 23.9 Å². The highest BCUT2D eigenvalue weighted by Gasteiger charge is 2.44. The predicted octanol–water partition coefficient (Wildman–Crippen LogP) is 8.86. The highest BCUT2D eigenvalue weighted by molar-refractivity contribution is 6.07. The number of carbonyl (C=O) groups excluding carboxylic acids is 2. The minimum Gasteiger partial charge on any atom is -0.475 e. The van der Waals surface area contributed by atoms with Gasteiger partial charge in [-0.1, -0.05) is 48.5 Å². The van der Waals surface area contributed by atoms with Crippen molar-refractivity contribution in [2.24, 2.45) is 11.8 Å². The van der Waals surface area contributed by atoms with E-state index in [1.165, 1.54) is 51.6 Å². The molecule has 2 aromatic carbocycles. The van der Waals surface area contributed by atoms with Crippen LogP contribution in [0.1, 0.15) is 157 Å². The number of carboxylic acids is 1. The van der Waals surface area contributed by atoms with Crippen LogP contribution < -0.4 is 10.6 Å². The Bertz CT molecular complexity index is 1740. The van der Waals surface area contributed by atoms with E-state index in [2.05, 4.69) is 73.9 Å². The summed E-state index contributed by atoms with van der Waals surface area (Å²) in [6, 6.07) is 22.6. The van der Waals surface area contributed by atoms with Crippen LogP contribution in [0.25, 0.3) is 0 Å². The van der Waals surface area contributed by atoms with Crippen LogP contribution >= 0.6 is 0 Å². The van der Waals surface area contributed by atoms with Gasteiger partial charge in [0.1, 0.15) is 0 Å². The lowest BCUT2D eigenvalue weighted by Crippen LogP contribution is -2.41. The van der Waals surface area contributed by atoms with Crippen molar-refractivity contribution in [3.63, 3.8) is 0 Å². The van der Waals surface area contributed by atoms with Crippen molar-refractivity contribution in [2.45, 2.75) is 132 Å². The fourth-order valence-electron chi connectivity index (χ4n) is 11.1. The Hall–Kier alpha value is -4.29. The van der Waals surface area contributed by atoms with Gasteiger partial charge in [0.25, 0.3) is 11.8 Å². The Balaban J connectivity index is 0.000000598. The molecule has 304 valence electrons. The predicted molar refractivity (Wildman–Crippen MR) is 209 cm³/mol. The number of hydrogen-bond donors (Lipinski definition) is 3. The number of benzene rings is 2. The number of halogens is 3. The lowest BCUT2D eigenvalue weighted by atomic mass is 9.83. The Labute approximate surface area is 332 Å². The first-order valence-corrected chi connectivity index (χ1v) is 21.1. The van der Waals surface area contributed by atoms with Crippen LogP contribution in [-0.2, 0) is 4.79 Å². The van der Waals surface area contributed by atoms with Crippen molar-refractivity contribution in [2.75, 3.05) is 13.1 Å². The van der Waals surface area contributed by atoms with Crippen molar-refractivity contribution in [1.82, 2.24) is 25.4 Å². The average molecular weight is 786 g/mol. The molecule has 2 amide bonds. The first-order valence-electron chi connectivity index (χ1n) is 21.1. The summed E-state index contributed by atoms with van der Waals surface area (Å²) >= 11 is 0. The van der Waals surface area contributed by atoms with E-state index in [1.54, 1.807) is 40.7 Å². The fourth-order valence-corrected chi connectivity index (χ4v) is 11.1. The molecule has 4 bridgehead atoms. The number of aromatic nitrogens is 1. The van der Waals surface area contributed by atoms with Crippen LogP contribution in [0.3, 0.4) is 0 Å². The first kappa shape index (κ1) is 39.5. The molecule has 1 unspecified atom stereocenters. The molecule has 0 spiro atoms. The number of fused-ring (bicyclic) bond motifs is 10. The molecule has 2 saturated heterocycles. The standard InChI is InChI=1S/C43H53N5O2.C2HF3O2/c49-42(45-30-13-9-28(10-14-30)22-25-47-38-17-18-39(47)33-6-2-1-5-32(33)38)36-21-24-44-27-37(36)43(50)46-31-15-11-29(12-16-31)23-26-48-40-19-20-41(48)35-8-4-3-7-34(35)40;3-2(4,5)1(6)7/h1-8,21,24,27-31,38-41H,9-20,22-23,25-26H2,(H,45,49)(H,46,50);(H,6,7)/t28?,29?,30?,31?,38-,39?,40-,41+;/m1./s1. The molecule has 5 heterocycles. The van der Waals surface area contributed by atoms with E-state index < -0.39 is 12.1 Å². The molecule has 4 fully saturated rings. The van der Waals surface area contributed by atoms with Gasteiger partial charge < -0.3 is 15.7 Å². The molecule has 57 heavy (non-hydrogen) atoms. The van der Waals surface area contributed by atoms with Crippen molar-refractivity contribution < 1.29 is 32.7 Å². The van der Waals surface area contributed by atoms with Crippen LogP contribution in [0.5, 0.6) is 0 Å². The molecule has 1 aromatic heterocycles. The molecule has 0 radical (unpaired) electrons. The Morgan fingerprint density at radius 3 is 1.33 bits per heavy atom. The third-order valence-electron chi connectivity index (χ3n) is 14.0. The first-order chi connectivity index (χ1) is 27.5. The van der Waals surface area contributed by atoms with Gasteiger partial charge in [0.2, 0.25) is 0 Å². The van der Waals surface area contributed by atoms with E-state index in [9.17, 15) is 22.8 Å². The smallest absolute Gasteiger partial charge is 0.475 e. The summed E-state index contributed by atoms with van der Waals surface area (Å²) < 4.78 is 31.7. The van der Waals surface area contributed by atoms with Gasteiger partial charge in [-0.3, -0.25) is 24.4 Å². The summed E-state index contributed by atoms with van der Waals surface area (Å²) in [5.74, 6) is -1.63. The van der Waals surface area contributed by atoms with E-state index in [1.807, 2.05) is 0 Å². The second kappa shape index (κ2) is 16.9. The molecular formula is C45H54F3N5O4. The van der Waals surface area contributed by atoms with Gasteiger partial charge in [-0.25, -0.2) is 4.79 Å². The van der Waals surface area contributed by atoms with Crippen molar-refractivity contribution in [3.8, 4) is 0 Å². The van der Waals surface area contributed by atoms with Crippen molar-refractivity contribution in [1.29, 1.82) is 0 Å². The SMILES string of the molecule is O=C(NC1CCC(CCN2C3CC[C@@H]2c2ccccc23)CC1)c1ccncc1C(=O)NC1CCC(CCN2[C@@H]3CC[C@H]2c2ccccc23)CC1.O=C(O)C(F)(F)F. The monoisotopic (exact) mass is 785 g/mol. The van der Waals surface area contributed by atoms with Gasteiger partial charge >= 0.3 is 12.1 Å². The summed E-state index contributed by atoms with van der Waals surface area (Å²) in [4.78, 5) is 45.7. The maximum Gasteiger partial charge on any atom is 0.490 e. The van der Waals surface area contributed by atoms with E-state index >= 15 is 0 Å². The molecule has 6 aliphatic rings. The average Bonchev–Trinajstić information content (AvgIpc) is 3.98. The zero-order valence-corrected chi connectivity index (χ0v) is 32.4. The highest BCUT2D eigenvalue weighted by atomic mass is 19.4. The van der Waals surface area contributed by atoms with Crippen LogP contribution in [0.2, 0.25) is 0 Å². The number of amides is 2. The Morgan fingerprint density at radius 1 is 0.596 bits per heavy atom. The Morgan fingerprint density at radius 2 is 0.965 bits per heavy atom. The molecule has 2 aliphatic carbocycles. The van der Waals surface area contributed by atoms with Crippen molar-refractivity contribution in [3.05, 3.63) is 100 Å². The van der Waals surface area contributed by atoms with Gasteiger partial charge in [0.05, 0.1) is 11.1 Å². The molecule has 4 atom stereocenters. The van der Waals surface area contributed by atoms with Crippen LogP contribution in [0, 0.1) is 11.8 Å². The van der Waals surface area contributed by atoms with Crippen LogP contribution in [-0.4, -0.2) is 69.0 Å². The van der Waals surface area contributed by atoms with Crippen LogP contribution in [0.15, 0.2) is 67.0 Å². The zero-order chi connectivity index (χ0) is 39.7. The third kappa shape index (κ3) is 8.49. The van der Waals surface area contributed by atoms with E-state index in [4.69, 9.17) is 9.90 Å². The fraction of sp³-hybridized carbons (Fsp3) is 0.556. The number of carbonyl (C=O) groups is 3.